The first-order chi connectivity index (χ1) is 7.90. The second kappa shape index (κ2) is 5.10. The zero-order valence-electron chi connectivity index (χ0n) is 10.00. The summed E-state index contributed by atoms with van der Waals surface area (Å²) in [6, 6.07) is 2.61. The summed E-state index contributed by atoms with van der Waals surface area (Å²) in [6.07, 6.45) is -0.613. The lowest BCUT2D eigenvalue weighted by atomic mass is 9.80. The van der Waals surface area contributed by atoms with Crippen molar-refractivity contribution in [3.63, 3.8) is 0 Å². The Morgan fingerprint density at radius 2 is 2.06 bits per heavy atom. The standard InChI is InChI=1S/C12H13F2NO2.ClH/c1-12(2)6-17-11(16)15-10(12)8-5-7(13)3-4-9(8)14;/h3-5,10H,6H2,1-2H3,(H,15,16);1H/t10-;/m1./s1. The van der Waals surface area contributed by atoms with Crippen LogP contribution >= 0.6 is 12.4 Å². The van der Waals surface area contributed by atoms with Crippen LogP contribution in [0, 0.1) is 17.0 Å². The molecule has 0 radical (unpaired) electrons. The van der Waals surface area contributed by atoms with E-state index < -0.39 is 29.2 Å². The van der Waals surface area contributed by atoms with Crippen LogP contribution in [0.25, 0.3) is 0 Å². The molecule has 100 valence electrons. The van der Waals surface area contributed by atoms with E-state index >= 15 is 0 Å². The maximum absolute atomic E-state index is 13.7. The second-order valence-electron chi connectivity index (χ2n) is 4.81. The first kappa shape index (κ1) is 14.7. The average molecular weight is 278 g/mol. The molecule has 1 aromatic rings. The molecule has 1 heterocycles. The number of carbonyl (C=O) groups is 1. The molecule has 1 aliphatic heterocycles. The summed E-state index contributed by atoms with van der Waals surface area (Å²) in [5, 5.41) is 2.52. The number of amides is 1. The molecule has 18 heavy (non-hydrogen) atoms. The van der Waals surface area contributed by atoms with Crippen LogP contribution in [0.15, 0.2) is 18.2 Å². The fraction of sp³-hybridized carbons (Fsp3) is 0.417. The van der Waals surface area contributed by atoms with Gasteiger partial charge in [0.05, 0.1) is 6.04 Å². The van der Waals surface area contributed by atoms with E-state index in [1.165, 1.54) is 0 Å². The summed E-state index contributed by atoms with van der Waals surface area (Å²) < 4.78 is 31.7. The highest BCUT2D eigenvalue weighted by atomic mass is 35.5. The molecule has 0 aliphatic carbocycles. The van der Waals surface area contributed by atoms with Crippen LogP contribution < -0.4 is 5.32 Å². The minimum absolute atomic E-state index is 0. The third kappa shape index (κ3) is 2.72. The lowest BCUT2D eigenvalue weighted by Gasteiger charge is -2.38. The van der Waals surface area contributed by atoms with Gasteiger partial charge in [-0.25, -0.2) is 13.6 Å². The molecule has 1 aromatic carbocycles. The Kier molecular flexibility index (Phi) is 4.16. The predicted octanol–water partition coefficient (Wildman–Crippen LogP) is 3.19. The molecular formula is C12H14ClF2NO2. The van der Waals surface area contributed by atoms with Gasteiger partial charge in [-0.3, -0.25) is 0 Å². The molecule has 3 nitrogen and oxygen atoms in total. The fourth-order valence-corrected chi connectivity index (χ4v) is 1.92. The zero-order chi connectivity index (χ0) is 12.6. The van der Waals surface area contributed by atoms with Gasteiger partial charge >= 0.3 is 6.09 Å². The molecule has 0 aromatic heterocycles. The Bertz CT molecular complexity index is 465. The van der Waals surface area contributed by atoms with Crippen LogP contribution in [0.5, 0.6) is 0 Å². The fourth-order valence-electron chi connectivity index (χ4n) is 1.92. The third-order valence-electron chi connectivity index (χ3n) is 2.89. The van der Waals surface area contributed by atoms with Gasteiger partial charge in [0.1, 0.15) is 18.2 Å². The Hall–Kier alpha value is -1.36. The normalized spacial score (nSPS) is 21.6. The van der Waals surface area contributed by atoms with E-state index in [2.05, 4.69) is 5.32 Å². The SMILES string of the molecule is CC1(C)COC(=O)N[C@@H]1c1cc(F)ccc1F.Cl. The number of halogens is 3. The second-order valence-corrected chi connectivity index (χ2v) is 4.81. The van der Waals surface area contributed by atoms with Crippen LogP contribution in [0.3, 0.4) is 0 Å². The summed E-state index contributed by atoms with van der Waals surface area (Å²) in [4.78, 5) is 11.2. The van der Waals surface area contributed by atoms with E-state index in [-0.39, 0.29) is 24.6 Å². The van der Waals surface area contributed by atoms with Crippen molar-refractivity contribution in [1.82, 2.24) is 5.32 Å². The largest absolute Gasteiger partial charge is 0.449 e. The highest BCUT2D eigenvalue weighted by Crippen LogP contribution is 2.37. The Labute approximate surface area is 110 Å². The molecule has 1 atom stereocenters. The van der Waals surface area contributed by atoms with Gasteiger partial charge in [-0.2, -0.15) is 0 Å². The number of benzene rings is 1. The summed E-state index contributed by atoms with van der Waals surface area (Å²) in [5.74, 6) is -1.07. The third-order valence-corrected chi connectivity index (χ3v) is 2.89. The lowest BCUT2D eigenvalue weighted by Crippen LogP contribution is -2.47. The van der Waals surface area contributed by atoms with Crippen molar-refractivity contribution in [3.05, 3.63) is 35.4 Å². The van der Waals surface area contributed by atoms with E-state index in [0.717, 1.165) is 18.2 Å². The molecule has 0 saturated carbocycles. The number of ether oxygens (including phenoxy) is 1. The quantitative estimate of drug-likeness (QED) is 0.856. The molecule has 1 fully saturated rings. The molecular weight excluding hydrogens is 264 g/mol. The predicted molar refractivity (Wildman–Crippen MR) is 64.6 cm³/mol. The van der Waals surface area contributed by atoms with Crippen molar-refractivity contribution in [2.45, 2.75) is 19.9 Å². The van der Waals surface area contributed by atoms with Crippen molar-refractivity contribution in [2.24, 2.45) is 5.41 Å². The minimum atomic E-state index is -0.613. The number of alkyl carbamates (subject to hydrolysis) is 1. The summed E-state index contributed by atoms with van der Waals surface area (Å²) in [5.41, 5.74) is -0.352. The van der Waals surface area contributed by atoms with Crippen molar-refractivity contribution < 1.29 is 18.3 Å². The first-order valence-electron chi connectivity index (χ1n) is 5.28. The van der Waals surface area contributed by atoms with Gasteiger partial charge in [0.2, 0.25) is 0 Å². The highest BCUT2D eigenvalue weighted by Gasteiger charge is 2.39. The van der Waals surface area contributed by atoms with E-state index in [4.69, 9.17) is 4.74 Å². The maximum atomic E-state index is 13.7. The number of rotatable bonds is 1. The number of hydrogen-bond acceptors (Lipinski definition) is 2. The molecule has 0 spiro atoms. The van der Waals surface area contributed by atoms with Crippen molar-refractivity contribution in [1.29, 1.82) is 0 Å². The van der Waals surface area contributed by atoms with Gasteiger partial charge in [0.25, 0.3) is 0 Å². The van der Waals surface area contributed by atoms with Crippen molar-refractivity contribution in [2.75, 3.05) is 6.61 Å². The maximum Gasteiger partial charge on any atom is 0.407 e. The molecule has 1 N–H and O–H groups in total. The molecule has 1 amide bonds. The Morgan fingerprint density at radius 3 is 2.72 bits per heavy atom. The van der Waals surface area contributed by atoms with E-state index in [9.17, 15) is 13.6 Å². The molecule has 0 bridgehead atoms. The number of nitrogens with one attached hydrogen (secondary N) is 1. The van der Waals surface area contributed by atoms with E-state index in [0.29, 0.717) is 0 Å². The van der Waals surface area contributed by atoms with Crippen LogP contribution in [-0.4, -0.2) is 12.7 Å². The zero-order valence-corrected chi connectivity index (χ0v) is 10.8. The van der Waals surface area contributed by atoms with Gasteiger partial charge in [-0.05, 0) is 18.2 Å². The Morgan fingerprint density at radius 1 is 1.39 bits per heavy atom. The monoisotopic (exact) mass is 277 g/mol. The topological polar surface area (TPSA) is 38.3 Å². The van der Waals surface area contributed by atoms with Crippen LogP contribution in [0.4, 0.5) is 13.6 Å². The minimum Gasteiger partial charge on any atom is -0.449 e. The van der Waals surface area contributed by atoms with Crippen molar-refractivity contribution in [3.8, 4) is 0 Å². The van der Waals surface area contributed by atoms with Crippen LogP contribution in [0.2, 0.25) is 0 Å². The molecule has 1 saturated heterocycles. The van der Waals surface area contributed by atoms with Crippen molar-refractivity contribution >= 4 is 18.5 Å². The van der Waals surface area contributed by atoms with E-state index in [1.54, 1.807) is 0 Å². The summed E-state index contributed by atoms with van der Waals surface area (Å²) >= 11 is 0. The lowest BCUT2D eigenvalue weighted by molar-refractivity contribution is 0.0377. The van der Waals surface area contributed by atoms with Gasteiger partial charge < -0.3 is 10.1 Å². The average Bonchev–Trinajstić information content (AvgIpc) is 2.26. The van der Waals surface area contributed by atoms with Gasteiger partial charge in [0, 0.05) is 11.0 Å². The number of carbonyl (C=O) groups excluding carboxylic acids is 1. The van der Waals surface area contributed by atoms with E-state index in [1.807, 2.05) is 13.8 Å². The molecule has 1 aliphatic rings. The molecule has 6 heteroatoms. The van der Waals surface area contributed by atoms with Crippen LogP contribution in [0.1, 0.15) is 25.5 Å². The smallest absolute Gasteiger partial charge is 0.407 e. The van der Waals surface area contributed by atoms with Gasteiger partial charge in [0.15, 0.2) is 0 Å². The van der Waals surface area contributed by atoms with Gasteiger partial charge in [-0.1, -0.05) is 13.8 Å². The van der Waals surface area contributed by atoms with Gasteiger partial charge in [-0.15, -0.1) is 12.4 Å². The summed E-state index contributed by atoms with van der Waals surface area (Å²) in [7, 11) is 0. The van der Waals surface area contributed by atoms with Crippen LogP contribution in [-0.2, 0) is 4.74 Å². The highest BCUT2D eigenvalue weighted by molar-refractivity contribution is 5.85. The molecule has 2 rings (SSSR count). The first-order valence-corrected chi connectivity index (χ1v) is 5.28. The number of hydrogen-bond donors (Lipinski definition) is 1. The molecule has 0 unspecified atom stereocenters. The summed E-state index contributed by atoms with van der Waals surface area (Å²) in [6.45, 7) is 3.81. The number of cyclic esters (lactones) is 1. The Balaban J connectivity index is 0.00000162.